The van der Waals surface area contributed by atoms with E-state index in [4.69, 9.17) is 14.6 Å². The Balaban J connectivity index is 1.40. The number of ether oxygens (including phenoxy) is 2. The van der Waals surface area contributed by atoms with Crippen molar-refractivity contribution in [2.45, 2.75) is 12.0 Å². The van der Waals surface area contributed by atoms with Gasteiger partial charge in [0, 0.05) is 28.8 Å². The second-order valence-corrected chi connectivity index (χ2v) is 8.87. The molecule has 180 valence electrons. The number of carboxylic acid groups (broad SMARTS) is 1. The number of fused-ring (bicyclic) bond motifs is 3. The SMILES string of the molecule is COC(CNC(=O)c1cc(Br)cc(NC(=O)OCC2c3ccccc3-c3ccccc32)c1)C(=O)O. The molecule has 1 aliphatic carbocycles. The summed E-state index contributed by atoms with van der Waals surface area (Å²) in [5.41, 5.74) is 5.07. The number of carbonyl (C=O) groups is 3. The van der Waals surface area contributed by atoms with Gasteiger partial charge in [-0.1, -0.05) is 64.5 Å². The van der Waals surface area contributed by atoms with E-state index in [1.54, 1.807) is 12.1 Å². The number of rotatable bonds is 8. The molecular weight excluding hydrogens is 516 g/mol. The molecule has 0 fully saturated rings. The van der Waals surface area contributed by atoms with Crippen molar-refractivity contribution in [2.24, 2.45) is 0 Å². The van der Waals surface area contributed by atoms with Gasteiger partial charge in [0.15, 0.2) is 6.10 Å². The zero-order chi connectivity index (χ0) is 24.9. The minimum absolute atomic E-state index is 0.0695. The Morgan fingerprint density at radius 3 is 2.23 bits per heavy atom. The standard InChI is InChI=1S/C26H23BrN2O6/c1-34-23(25(31)32)13-28-24(30)15-10-16(27)12-17(11-15)29-26(33)35-14-22-20-8-4-2-6-18(20)19-7-3-5-9-21(19)22/h2-12,22-23H,13-14H2,1H3,(H,28,30)(H,29,33)(H,31,32). The van der Waals surface area contributed by atoms with Crippen molar-refractivity contribution in [3.05, 3.63) is 87.9 Å². The minimum Gasteiger partial charge on any atom is -0.479 e. The van der Waals surface area contributed by atoms with Crippen molar-refractivity contribution in [1.82, 2.24) is 5.32 Å². The first-order chi connectivity index (χ1) is 16.9. The van der Waals surface area contributed by atoms with Crippen LogP contribution in [0, 0.1) is 0 Å². The van der Waals surface area contributed by atoms with Gasteiger partial charge in [0.25, 0.3) is 5.91 Å². The molecular formula is C26H23BrN2O6. The molecule has 0 saturated heterocycles. The molecule has 1 aliphatic rings. The number of nitrogens with one attached hydrogen (secondary N) is 2. The molecule has 1 unspecified atom stereocenters. The first-order valence-corrected chi connectivity index (χ1v) is 11.6. The number of hydrogen-bond acceptors (Lipinski definition) is 5. The molecule has 0 bridgehead atoms. The van der Waals surface area contributed by atoms with E-state index >= 15 is 0 Å². The van der Waals surface area contributed by atoms with E-state index in [1.807, 2.05) is 36.4 Å². The molecule has 0 heterocycles. The van der Waals surface area contributed by atoms with Crippen molar-refractivity contribution in [2.75, 3.05) is 25.6 Å². The van der Waals surface area contributed by atoms with Gasteiger partial charge in [-0.15, -0.1) is 0 Å². The Bertz CT molecular complexity index is 1230. The molecule has 35 heavy (non-hydrogen) atoms. The predicted octanol–water partition coefficient (Wildman–Crippen LogP) is 4.64. The molecule has 9 heteroatoms. The number of benzene rings is 3. The average molecular weight is 539 g/mol. The number of methoxy groups -OCH3 is 1. The third kappa shape index (κ3) is 5.52. The number of halogens is 1. The Morgan fingerprint density at radius 1 is 1.00 bits per heavy atom. The van der Waals surface area contributed by atoms with Crippen molar-refractivity contribution in [1.29, 1.82) is 0 Å². The number of carboxylic acids is 1. The van der Waals surface area contributed by atoms with Crippen LogP contribution in [0.4, 0.5) is 10.5 Å². The maximum absolute atomic E-state index is 12.6. The summed E-state index contributed by atoms with van der Waals surface area (Å²) in [5, 5.41) is 14.2. The van der Waals surface area contributed by atoms with E-state index in [9.17, 15) is 14.4 Å². The summed E-state index contributed by atoms with van der Waals surface area (Å²) >= 11 is 3.33. The second-order valence-electron chi connectivity index (χ2n) is 7.95. The minimum atomic E-state index is -1.18. The molecule has 0 aromatic heterocycles. The lowest BCUT2D eigenvalue weighted by Crippen LogP contribution is -2.37. The lowest BCUT2D eigenvalue weighted by molar-refractivity contribution is -0.148. The van der Waals surface area contributed by atoms with Gasteiger partial charge in [-0.3, -0.25) is 10.1 Å². The zero-order valence-electron chi connectivity index (χ0n) is 18.8. The predicted molar refractivity (Wildman–Crippen MR) is 134 cm³/mol. The van der Waals surface area contributed by atoms with E-state index < -0.39 is 24.1 Å². The molecule has 1 atom stereocenters. The average Bonchev–Trinajstić information content (AvgIpc) is 3.16. The molecule has 0 aliphatic heterocycles. The van der Waals surface area contributed by atoms with E-state index in [1.165, 1.54) is 13.2 Å². The van der Waals surface area contributed by atoms with Gasteiger partial charge in [-0.05, 0) is 40.5 Å². The fraction of sp³-hybridized carbons (Fsp3) is 0.192. The fourth-order valence-corrected chi connectivity index (χ4v) is 4.60. The van der Waals surface area contributed by atoms with Gasteiger partial charge in [0.1, 0.15) is 6.61 Å². The first-order valence-electron chi connectivity index (χ1n) is 10.8. The van der Waals surface area contributed by atoms with Gasteiger partial charge in [0.05, 0.1) is 6.54 Å². The van der Waals surface area contributed by atoms with Gasteiger partial charge in [0.2, 0.25) is 0 Å². The van der Waals surface area contributed by atoms with Gasteiger partial charge >= 0.3 is 12.1 Å². The first kappa shape index (κ1) is 24.4. The van der Waals surface area contributed by atoms with E-state index in [2.05, 4.69) is 38.7 Å². The Labute approximate surface area is 210 Å². The number of aliphatic carboxylic acids is 1. The normalized spacial score (nSPS) is 12.9. The Hall–Kier alpha value is -3.69. The lowest BCUT2D eigenvalue weighted by Gasteiger charge is -2.15. The molecule has 8 nitrogen and oxygen atoms in total. The molecule has 3 aromatic carbocycles. The second kappa shape index (κ2) is 10.7. The van der Waals surface area contributed by atoms with Crippen LogP contribution < -0.4 is 10.6 Å². The molecule has 4 rings (SSSR count). The van der Waals surface area contributed by atoms with Crippen LogP contribution in [0.2, 0.25) is 0 Å². The highest BCUT2D eigenvalue weighted by Gasteiger charge is 2.29. The maximum atomic E-state index is 12.6. The highest BCUT2D eigenvalue weighted by Crippen LogP contribution is 2.44. The molecule has 3 N–H and O–H groups in total. The molecule has 3 aromatic rings. The van der Waals surface area contributed by atoms with Crippen LogP contribution in [-0.2, 0) is 14.3 Å². The largest absolute Gasteiger partial charge is 0.479 e. The highest BCUT2D eigenvalue weighted by molar-refractivity contribution is 9.10. The third-order valence-electron chi connectivity index (χ3n) is 5.76. The van der Waals surface area contributed by atoms with Gasteiger partial charge < -0.3 is 19.9 Å². The van der Waals surface area contributed by atoms with Crippen molar-refractivity contribution >= 4 is 39.6 Å². The summed E-state index contributed by atoms with van der Waals surface area (Å²) in [5.74, 6) is -1.76. The van der Waals surface area contributed by atoms with E-state index in [-0.39, 0.29) is 24.6 Å². The summed E-state index contributed by atoms with van der Waals surface area (Å²) in [6.07, 6.45) is -1.81. The molecule has 0 saturated carbocycles. The van der Waals surface area contributed by atoms with Crippen molar-refractivity contribution in [3.63, 3.8) is 0 Å². The smallest absolute Gasteiger partial charge is 0.411 e. The van der Waals surface area contributed by atoms with Gasteiger partial charge in [-0.25, -0.2) is 9.59 Å². The summed E-state index contributed by atoms with van der Waals surface area (Å²) in [6.45, 7) is -0.0406. The van der Waals surface area contributed by atoms with Crippen LogP contribution in [0.5, 0.6) is 0 Å². The molecule has 0 spiro atoms. The monoisotopic (exact) mass is 538 g/mol. The topological polar surface area (TPSA) is 114 Å². The van der Waals surface area contributed by atoms with Crippen molar-refractivity contribution < 1.29 is 29.0 Å². The highest BCUT2D eigenvalue weighted by atomic mass is 79.9. The number of amides is 2. The van der Waals surface area contributed by atoms with Crippen LogP contribution in [-0.4, -0.2) is 49.4 Å². The van der Waals surface area contributed by atoms with E-state index in [0.717, 1.165) is 22.3 Å². The van der Waals surface area contributed by atoms with Crippen LogP contribution >= 0.6 is 15.9 Å². The van der Waals surface area contributed by atoms with Gasteiger partial charge in [-0.2, -0.15) is 0 Å². The van der Waals surface area contributed by atoms with Crippen LogP contribution in [0.1, 0.15) is 27.4 Å². The Kier molecular flexibility index (Phi) is 7.48. The van der Waals surface area contributed by atoms with Crippen LogP contribution in [0.15, 0.2) is 71.2 Å². The van der Waals surface area contributed by atoms with Crippen LogP contribution in [0.3, 0.4) is 0 Å². The number of carbonyl (C=O) groups excluding carboxylic acids is 2. The summed E-state index contributed by atoms with van der Waals surface area (Å²) in [6, 6.07) is 20.8. The summed E-state index contributed by atoms with van der Waals surface area (Å²) in [4.78, 5) is 36.1. The number of hydrogen-bond donors (Lipinski definition) is 3. The molecule has 2 amide bonds. The molecule has 0 radical (unpaired) electrons. The zero-order valence-corrected chi connectivity index (χ0v) is 20.4. The summed E-state index contributed by atoms with van der Waals surface area (Å²) in [7, 11) is 1.25. The van der Waals surface area contributed by atoms with E-state index in [0.29, 0.717) is 10.2 Å². The fourth-order valence-electron chi connectivity index (χ4n) is 4.10. The maximum Gasteiger partial charge on any atom is 0.411 e. The third-order valence-corrected chi connectivity index (χ3v) is 6.22. The quantitative estimate of drug-likeness (QED) is 0.385. The number of anilines is 1. The lowest BCUT2D eigenvalue weighted by atomic mass is 9.98. The van der Waals surface area contributed by atoms with Crippen LogP contribution in [0.25, 0.3) is 11.1 Å². The Morgan fingerprint density at radius 2 is 1.63 bits per heavy atom. The van der Waals surface area contributed by atoms with Crippen molar-refractivity contribution in [3.8, 4) is 11.1 Å². The summed E-state index contributed by atoms with van der Waals surface area (Å²) < 4.78 is 10.9.